The van der Waals surface area contributed by atoms with Crippen LogP contribution >= 0.6 is 0 Å². The highest BCUT2D eigenvalue weighted by molar-refractivity contribution is 5.99. The number of carbonyl (C=O) groups excluding carboxylic acids is 1. The Balaban J connectivity index is 1.44. The van der Waals surface area contributed by atoms with Crippen molar-refractivity contribution < 1.29 is 9.18 Å². The summed E-state index contributed by atoms with van der Waals surface area (Å²) in [4.78, 5) is 32.7. The van der Waals surface area contributed by atoms with Crippen molar-refractivity contribution in [3.63, 3.8) is 0 Å². The van der Waals surface area contributed by atoms with Gasteiger partial charge in [0.25, 0.3) is 5.91 Å². The summed E-state index contributed by atoms with van der Waals surface area (Å²) in [5.74, 6) is 0.909. The number of anilines is 1. The average Bonchev–Trinajstić information content (AvgIpc) is 2.81. The molecule has 32 heavy (non-hydrogen) atoms. The van der Waals surface area contributed by atoms with Gasteiger partial charge in [0.2, 0.25) is 0 Å². The molecular formula is C24H25FN6O. The third-order valence-electron chi connectivity index (χ3n) is 6.37. The Morgan fingerprint density at radius 2 is 1.81 bits per heavy atom. The fourth-order valence-corrected chi connectivity index (χ4v) is 4.83. The van der Waals surface area contributed by atoms with Crippen LogP contribution in [-0.2, 0) is 0 Å². The zero-order valence-corrected chi connectivity index (χ0v) is 18.1. The molecule has 3 unspecified atom stereocenters. The summed E-state index contributed by atoms with van der Waals surface area (Å²) < 4.78 is 13.3. The van der Waals surface area contributed by atoms with Crippen molar-refractivity contribution in [2.75, 3.05) is 11.9 Å². The number of aromatic nitrogens is 4. The highest BCUT2D eigenvalue weighted by atomic mass is 19.1. The standard InChI is InChI=1S/C24H25FN6O/c1-14-3-6-21(26-9-14)30-19-8-16-4-5-20(19)31(13-16)24(32)18-7-15(2)10-27-22(18)23-28-11-17(25)12-29-23/h3,6-7,9-12,16,19-20H,4-5,8,13H2,1-2H3,(H,26,30). The predicted octanol–water partition coefficient (Wildman–Crippen LogP) is 3.79. The van der Waals surface area contributed by atoms with Gasteiger partial charge in [-0.25, -0.2) is 19.3 Å². The van der Waals surface area contributed by atoms with Gasteiger partial charge in [-0.2, -0.15) is 0 Å². The number of carbonyl (C=O) groups is 1. The molecule has 1 N–H and O–H groups in total. The summed E-state index contributed by atoms with van der Waals surface area (Å²) in [5, 5.41) is 3.55. The summed E-state index contributed by atoms with van der Waals surface area (Å²) in [6.45, 7) is 4.63. The quantitative estimate of drug-likeness (QED) is 0.675. The van der Waals surface area contributed by atoms with E-state index in [1.54, 1.807) is 6.20 Å². The minimum Gasteiger partial charge on any atom is -0.365 e. The van der Waals surface area contributed by atoms with Crippen LogP contribution in [-0.4, -0.2) is 49.4 Å². The summed E-state index contributed by atoms with van der Waals surface area (Å²) in [6, 6.07) is 6.05. The molecular weight excluding hydrogens is 407 g/mol. The van der Waals surface area contributed by atoms with Crippen molar-refractivity contribution in [3.8, 4) is 11.5 Å². The van der Waals surface area contributed by atoms with Crippen molar-refractivity contribution in [3.05, 3.63) is 65.5 Å². The molecule has 0 radical (unpaired) electrons. The molecule has 0 spiro atoms. The number of pyridine rings is 2. The molecule has 3 aromatic heterocycles. The maximum atomic E-state index is 13.8. The second-order valence-electron chi connectivity index (χ2n) is 8.81. The smallest absolute Gasteiger partial charge is 0.256 e. The Bertz CT molecular complexity index is 1130. The number of nitrogens with one attached hydrogen (secondary N) is 1. The first-order valence-corrected chi connectivity index (χ1v) is 10.9. The van der Waals surface area contributed by atoms with Crippen LogP contribution in [0.2, 0.25) is 0 Å². The molecule has 3 atom stereocenters. The van der Waals surface area contributed by atoms with Crippen molar-refractivity contribution in [1.29, 1.82) is 0 Å². The molecule has 8 heteroatoms. The van der Waals surface area contributed by atoms with Gasteiger partial charge < -0.3 is 10.2 Å². The molecule has 0 aromatic carbocycles. The van der Waals surface area contributed by atoms with Gasteiger partial charge in [0.1, 0.15) is 11.5 Å². The molecule has 1 amide bonds. The number of hydrogen-bond acceptors (Lipinski definition) is 6. The van der Waals surface area contributed by atoms with Crippen molar-refractivity contribution in [1.82, 2.24) is 24.8 Å². The summed E-state index contributed by atoms with van der Waals surface area (Å²) in [6.07, 6.45) is 8.79. The van der Waals surface area contributed by atoms with Crippen LogP contribution in [0.15, 0.2) is 43.0 Å². The second-order valence-corrected chi connectivity index (χ2v) is 8.81. The maximum absolute atomic E-state index is 13.8. The van der Waals surface area contributed by atoms with Gasteiger partial charge in [0, 0.05) is 25.0 Å². The fraction of sp³-hybridized carbons (Fsp3) is 0.375. The first-order valence-electron chi connectivity index (χ1n) is 10.9. The first-order chi connectivity index (χ1) is 15.5. The lowest BCUT2D eigenvalue weighted by atomic mass is 9.76. The summed E-state index contributed by atoms with van der Waals surface area (Å²) in [7, 11) is 0. The van der Waals surface area contributed by atoms with Gasteiger partial charge in [-0.15, -0.1) is 0 Å². The highest BCUT2D eigenvalue weighted by Gasteiger charge is 2.43. The Morgan fingerprint density at radius 1 is 1.03 bits per heavy atom. The highest BCUT2D eigenvalue weighted by Crippen LogP contribution is 2.38. The topological polar surface area (TPSA) is 83.9 Å². The largest absolute Gasteiger partial charge is 0.365 e. The van der Waals surface area contributed by atoms with E-state index in [1.165, 1.54) is 0 Å². The van der Waals surface area contributed by atoms with E-state index < -0.39 is 5.82 Å². The van der Waals surface area contributed by atoms with Crippen LogP contribution in [0.5, 0.6) is 0 Å². The molecule has 6 rings (SSSR count). The van der Waals surface area contributed by atoms with E-state index in [2.05, 4.69) is 25.3 Å². The average molecular weight is 433 g/mol. The second kappa shape index (κ2) is 8.26. The Morgan fingerprint density at radius 3 is 2.53 bits per heavy atom. The Hall–Kier alpha value is -3.42. The number of fused-ring (bicyclic) bond motifs is 3. The van der Waals surface area contributed by atoms with E-state index in [-0.39, 0.29) is 23.8 Å². The Kier molecular flexibility index (Phi) is 5.28. The number of nitrogens with zero attached hydrogens (tertiary/aromatic N) is 5. The predicted molar refractivity (Wildman–Crippen MR) is 119 cm³/mol. The molecule has 1 saturated carbocycles. The molecule has 3 aromatic rings. The molecule has 7 nitrogen and oxygen atoms in total. The minimum absolute atomic E-state index is 0.0677. The number of hydrogen-bond donors (Lipinski definition) is 1. The van der Waals surface area contributed by atoms with E-state index in [0.29, 0.717) is 17.2 Å². The lowest BCUT2D eigenvalue weighted by molar-refractivity contribution is 0.0282. The molecule has 2 aliphatic heterocycles. The molecule has 2 bridgehead atoms. The lowest BCUT2D eigenvalue weighted by Crippen LogP contribution is -2.59. The van der Waals surface area contributed by atoms with Gasteiger partial charge in [0.05, 0.1) is 24.0 Å². The molecule has 3 aliphatic rings. The van der Waals surface area contributed by atoms with E-state index in [9.17, 15) is 9.18 Å². The van der Waals surface area contributed by atoms with E-state index in [0.717, 1.165) is 55.1 Å². The van der Waals surface area contributed by atoms with Crippen molar-refractivity contribution in [2.24, 2.45) is 5.92 Å². The number of aryl methyl sites for hydroxylation is 2. The van der Waals surface area contributed by atoms with Gasteiger partial charge in [0.15, 0.2) is 11.6 Å². The van der Waals surface area contributed by atoms with Gasteiger partial charge in [-0.05, 0) is 62.3 Å². The maximum Gasteiger partial charge on any atom is 0.256 e. The zero-order valence-electron chi connectivity index (χ0n) is 18.1. The van der Waals surface area contributed by atoms with Crippen LogP contribution in [0.1, 0.15) is 40.7 Å². The first kappa shape index (κ1) is 20.5. The molecule has 1 aliphatic carbocycles. The monoisotopic (exact) mass is 432 g/mol. The normalized spacial score (nSPS) is 22.1. The summed E-state index contributed by atoms with van der Waals surface area (Å²) >= 11 is 0. The van der Waals surface area contributed by atoms with E-state index in [4.69, 9.17) is 0 Å². The number of amides is 1. The lowest BCUT2D eigenvalue weighted by Gasteiger charge is -2.50. The number of rotatable bonds is 4. The van der Waals surface area contributed by atoms with Crippen molar-refractivity contribution in [2.45, 2.75) is 45.2 Å². The minimum atomic E-state index is -0.527. The van der Waals surface area contributed by atoms with Crippen LogP contribution in [0.25, 0.3) is 11.5 Å². The van der Waals surface area contributed by atoms with Crippen LogP contribution in [0, 0.1) is 25.6 Å². The van der Waals surface area contributed by atoms with Gasteiger partial charge in [-0.1, -0.05) is 6.07 Å². The van der Waals surface area contributed by atoms with Gasteiger partial charge in [-0.3, -0.25) is 9.78 Å². The van der Waals surface area contributed by atoms with E-state index in [1.807, 2.05) is 43.1 Å². The third-order valence-corrected chi connectivity index (χ3v) is 6.37. The number of piperidine rings is 2. The third kappa shape index (κ3) is 3.92. The summed E-state index contributed by atoms with van der Waals surface area (Å²) in [5.41, 5.74) is 2.82. The van der Waals surface area contributed by atoms with Crippen LogP contribution in [0.3, 0.4) is 0 Å². The molecule has 2 saturated heterocycles. The van der Waals surface area contributed by atoms with Crippen molar-refractivity contribution >= 4 is 11.7 Å². The SMILES string of the molecule is Cc1ccc(NC2CC3CCC2N(C(=O)c2cc(C)cnc2-c2ncc(F)cn2)C3)nc1. The fourth-order valence-electron chi connectivity index (χ4n) is 4.83. The van der Waals surface area contributed by atoms with Crippen LogP contribution < -0.4 is 5.32 Å². The molecule has 5 heterocycles. The van der Waals surface area contributed by atoms with Gasteiger partial charge >= 0.3 is 0 Å². The zero-order chi connectivity index (χ0) is 22.2. The van der Waals surface area contributed by atoms with E-state index >= 15 is 0 Å². The number of halogens is 1. The molecule has 164 valence electrons. The Labute approximate surface area is 186 Å². The molecule has 3 fully saturated rings. The van der Waals surface area contributed by atoms with Crippen LogP contribution in [0.4, 0.5) is 10.2 Å².